The van der Waals surface area contributed by atoms with E-state index in [-0.39, 0.29) is 0 Å². The average Bonchev–Trinajstić information content (AvgIpc) is 2.66. The average molecular weight is 368 g/mol. The lowest BCUT2D eigenvalue weighted by atomic mass is 9.82. The Morgan fingerprint density at radius 3 is 2.37 bits per heavy atom. The molecule has 1 atom stereocenters. The molecule has 0 N–H and O–H groups in total. The molecule has 1 aromatic carbocycles. The minimum Gasteiger partial charge on any atom is -0.496 e. The van der Waals surface area contributed by atoms with Crippen molar-refractivity contribution in [3.05, 3.63) is 47.2 Å². The number of benzene rings is 1. The number of aryl methyl sites for hydroxylation is 2. The molecule has 0 aliphatic heterocycles. The van der Waals surface area contributed by atoms with Gasteiger partial charge in [-0.15, -0.1) is 0 Å². The molecule has 1 aliphatic carbocycles. The summed E-state index contributed by atoms with van der Waals surface area (Å²) in [6.45, 7) is 7.33. The number of rotatable bonds is 9. The van der Waals surface area contributed by atoms with Gasteiger partial charge < -0.3 is 9.47 Å². The fourth-order valence-electron chi connectivity index (χ4n) is 3.95. The summed E-state index contributed by atoms with van der Waals surface area (Å²) in [7, 11) is 1.74. The molecule has 1 aromatic heterocycles. The number of hydrogen-bond acceptors (Lipinski definition) is 3. The van der Waals surface area contributed by atoms with E-state index in [0.29, 0.717) is 6.10 Å². The Balaban J connectivity index is 1.76. The van der Waals surface area contributed by atoms with Crippen LogP contribution in [0.4, 0.5) is 0 Å². The summed E-state index contributed by atoms with van der Waals surface area (Å²) < 4.78 is 11.8. The van der Waals surface area contributed by atoms with Gasteiger partial charge in [0.1, 0.15) is 5.75 Å². The first kappa shape index (κ1) is 19.9. The van der Waals surface area contributed by atoms with Gasteiger partial charge in [-0.2, -0.15) is 0 Å². The maximum absolute atomic E-state index is 6.05. The molecule has 3 heteroatoms. The SMILES string of the molecule is CCc1cccc(CC)c1-c1cc(OC)c(CCOC(C)C2CCC2)cn1. The largest absolute Gasteiger partial charge is 0.496 e. The standard InChI is InChI=1S/C24H33NO2/c1-5-18-9-7-10-19(6-2)24(18)22-15-23(26-4)21(16-25-22)13-14-27-17(3)20-11-8-12-20/h7,9-10,15-17,20H,5-6,8,11-14H2,1-4H3. The molecule has 3 rings (SSSR count). The van der Waals surface area contributed by atoms with Gasteiger partial charge in [0.15, 0.2) is 0 Å². The molecular formula is C24H33NO2. The van der Waals surface area contributed by atoms with E-state index in [1.807, 2.05) is 6.20 Å². The van der Waals surface area contributed by atoms with Crippen molar-refractivity contribution in [2.24, 2.45) is 5.92 Å². The molecule has 1 saturated carbocycles. The lowest BCUT2D eigenvalue weighted by Gasteiger charge is -2.31. The van der Waals surface area contributed by atoms with Gasteiger partial charge in [0.25, 0.3) is 0 Å². The van der Waals surface area contributed by atoms with Crippen LogP contribution in [-0.2, 0) is 24.0 Å². The zero-order chi connectivity index (χ0) is 19.2. The molecule has 3 nitrogen and oxygen atoms in total. The number of hydrogen-bond donors (Lipinski definition) is 0. The van der Waals surface area contributed by atoms with Gasteiger partial charge in [-0.05, 0) is 49.7 Å². The number of pyridine rings is 1. The Morgan fingerprint density at radius 1 is 1.11 bits per heavy atom. The van der Waals surface area contributed by atoms with Gasteiger partial charge in [0.2, 0.25) is 0 Å². The topological polar surface area (TPSA) is 31.4 Å². The van der Waals surface area contributed by atoms with Crippen LogP contribution in [0, 0.1) is 5.92 Å². The summed E-state index contributed by atoms with van der Waals surface area (Å²) in [6, 6.07) is 8.64. The lowest BCUT2D eigenvalue weighted by Crippen LogP contribution is -2.27. The van der Waals surface area contributed by atoms with Crippen LogP contribution in [0.1, 0.15) is 56.7 Å². The second-order valence-electron chi connectivity index (χ2n) is 7.56. The molecular weight excluding hydrogens is 334 g/mol. The predicted octanol–water partition coefficient (Wildman–Crippen LogP) is 5.63. The van der Waals surface area contributed by atoms with Crippen molar-refractivity contribution in [1.82, 2.24) is 4.98 Å². The van der Waals surface area contributed by atoms with Gasteiger partial charge >= 0.3 is 0 Å². The van der Waals surface area contributed by atoms with Crippen LogP contribution in [0.15, 0.2) is 30.5 Å². The third-order valence-corrected chi connectivity index (χ3v) is 5.98. The highest BCUT2D eigenvalue weighted by molar-refractivity contribution is 5.69. The smallest absolute Gasteiger partial charge is 0.125 e. The van der Waals surface area contributed by atoms with Crippen molar-refractivity contribution in [2.45, 2.75) is 65.4 Å². The third kappa shape index (κ3) is 4.52. The van der Waals surface area contributed by atoms with E-state index in [0.717, 1.165) is 48.8 Å². The lowest BCUT2D eigenvalue weighted by molar-refractivity contribution is -0.00000953. The molecule has 146 valence electrons. The van der Waals surface area contributed by atoms with Crippen molar-refractivity contribution in [1.29, 1.82) is 0 Å². The monoisotopic (exact) mass is 367 g/mol. The maximum atomic E-state index is 6.05. The van der Waals surface area contributed by atoms with Crippen LogP contribution in [0.5, 0.6) is 5.75 Å². The maximum Gasteiger partial charge on any atom is 0.125 e. The van der Waals surface area contributed by atoms with Crippen molar-refractivity contribution in [3.63, 3.8) is 0 Å². The number of methoxy groups -OCH3 is 1. The molecule has 0 radical (unpaired) electrons. The minimum absolute atomic E-state index is 0.362. The van der Waals surface area contributed by atoms with E-state index < -0.39 is 0 Å². The highest BCUT2D eigenvalue weighted by atomic mass is 16.5. The summed E-state index contributed by atoms with van der Waals surface area (Å²) in [5, 5.41) is 0. The number of aromatic nitrogens is 1. The highest BCUT2D eigenvalue weighted by Crippen LogP contribution is 2.32. The molecule has 0 bridgehead atoms. The van der Waals surface area contributed by atoms with Crippen molar-refractivity contribution in [3.8, 4) is 17.0 Å². The van der Waals surface area contributed by atoms with Crippen LogP contribution < -0.4 is 4.74 Å². The molecule has 0 spiro atoms. The first-order valence-electron chi connectivity index (χ1n) is 10.4. The highest BCUT2D eigenvalue weighted by Gasteiger charge is 2.24. The van der Waals surface area contributed by atoms with Crippen LogP contribution in [-0.4, -0.2) is 24.8 Å². The van der Waals surface area contributed by atoms with E-state index in [4.69, 9.17) is 14.5 Å². The zero-order valence-electron chi connectivity index (χ0n) is 17.3. The molecule has 2 aromatic rings. The quantitative estimate of drug-likeness (QED) is 0.575. The molecule has 0 saturated heterocycles. The first-order chi connectivity index (χ1) is 13.2. The van der Waals surface area contributed by atoms with Gasteiger partial charge in [-0.3, -0.25) is 4.98 Å². The van der Waals surface area contributed by atoms with E-state index in [1.165, 1.54) is 36.0 Å². The number of ether oxygens (including phenoxy) is 2. The normalized spacial score (nSPS) is 15.4. The molecule has 1 unspecified atom stereocenters. The van der Waals surface area contributed by atoms with E-state index in [2.05, 4.69) is 45.0 Å². The Kier molecular flexibility index (Phi) is 6.89. The second kappa shape index (κ2) is 9.36. The van der Waals surface area contributed by atoms with Gasteiger partial charge in [0.05, 0.1) is 25.5 Å². The molecule has 0 amide bonds. The van der Waals surface area contributed by atoms with Crippen LogP contribution >= 0.6 is 0 Å². The van der Waals surface area contributed by atoms with Crippen molar-refractivity contribution in [2.75, 3.05) is 13.7 Å². The van der Waals surface area contributed by atoms with Crippen molar-refractivity contribution < 1.29 is 9.47 Å². The molecule has 1 fully saturated rings. The fraction of sp³-hybridized carbons (Fsp3) is 0.542. The Hall–Kier alpha value is -1.87. The molecule has 1 aliphatic rings. The number of nitrogens with zero attached hydrogens (tertiary/aromatic N) is 1. The van der Waals surface area contributed by atoms with Gasteiger partial charge in [-0.25, -0.2) is 0 Å². The minimum atomic E-state index is 0.362. The van der Waals surface area contributed by atoms with Crippen molar-refractivity contribution >= 4 is 0 Å². The van der Waals surface area contributed by atoms with E-state index >= 15 is 0 Å². The summed E-state index contributed by atoms with van der Waals surface area (Å²) in [4.78, 5) is 4.80. The summed E-state index contributed by atoms with van der Waals surface area (Å²) in [6.07, 6.45) is 9.16. The van der Waals surface area contributed by atoms with Crippen LogP contribution in [0.2, 0.25) is 0 Å². The van der Waals surface area contributed by atoms with E-state index in [1.54, 1.807) is 7.11 Å². The Bertz CT molecular complexity index is 730. The first-order valence-corrected chi connectivity index (χ1v) is 10.4. The summed E-state index contributed by atoms with van der Waals surface area (Å²) in [5.74, 6) is 1.67. The van der Waals surface area contributed by atoms with Gasteiger partial charge in [0, 0.05) is 29.8 Å². The van der Waals surface area contributed by atoms with Gasteiger partial charge in [-0.1, -0.05) is 38.5 Å². The zero-order valence-corrected chi connectivity index (χ0v) is 17.3. The Labute approximate surface area is 164 Å². The van der Waals surface area contributed by atoms with Crippen LogP contribution in [0.25, 0.3) is 11.3 Å². The summed E-state index contributed by atoms with van der Waals surface area (Å²) in [5.41, 5.74) is 6.08. The third-order valence-electron chi connectivity index (χ3n) is 5.98. The fourth-order valence-corrected chi connectivity index (χ4v) is 3.95. The summed E-state index contributed by atoms with van der Waals surface area (Å²) >= 11 is 0. The molecule has 1 heterocycles. The second-order valence-corrected chi connectivity index (χ2v) is 7.56. The molecule has 27 heavy (non-hydrogen) atoms. The predicted molar refractivity (Wildman–Crippen MR) is 111 cm³/mol. The van der Waals surface area contributed by atoms with Crippen LogP contribution in [0.3, 0.4) is 0 Å². The Morgan fingerprint density at radius 2 is 1.81 bits per heavy atom. The van der Waals surface area contributed by atoms with E-state index in [9.17, 15) is 0 Å².